The lowest BCUT2D eigenvalue weighted by molar-refractivity contribution is -0.126. The molecule has 0 spiro atoms. The summed E-state index contributed by atoms with van der Waals surface area (Å²) in [6.07, 6.45) is 0. The Morgan fingerprint density at radius 3 is 2.53 bits per heavy atom. The van der Waals surface area contributed by atoms with Gasteiger partial charge >= 0.3 is 0 Å². The van der Waals surface area contributed by atoms with Crippen molar-refractivity contribution in [3.63, 3.8) is 0 Å². The van der Waals surface area contributed by atoms with E-state index in [-0.39, 0.29) is 30.5 Å². The predicted molar refractivity (Wildman–Crippen MR) is 119 cm³/mol. The molecular formula is C23H24N6O3. The van der Waals surface area contributed by atoms with Gasteiger partial charge in [0, 0.05) is 26.2 Å². The SMILES string of the molecule is CN1CCN(CC(=O)NN2Cc3nc4ccccc4c(=O)n3-c3ccccc3C2=O)CC1. The second kappa shape index (κ2) is 8.18. The fraction of sp³-hybridized carbons (Fsp3) is 0.304. The number of para-hydroxylation sites is 2. The van der Waals surface area contributed by atoms with Crippen LogP contribution in [0.1, 0.15) is 16.2 Å². The lowest BCUT2D eigenvalue weighted by Gasteiger charge is -2.32. The molecule has 2 aromatic carbocycles. The van der Waals surface area contributed by atoms with E-state index in [9.17, 15) is 14.4 Å². The summed E-state index contributed by atoms with van der Waals surface area (Å²) in [5.41, 5.74) is 3.87. The van der Waals surface area contributed by atoms with Gasteiger partial charge in [-0.25, -0.2) is 9.99 Å². The Bertz CT molecular complexity index is 1260. The van der Waals surface area contributed by atoms with Crippen LogP contribution >= 0.6 is 0 Å². The van der Waals surface area contributed by atoms with Crippen LogP contribution in [0.15, 0.2) is 53.3 Å². The Balaban J connectivity index is 1.50. The van der Waals surface area contributed by atoms with Crippen LogP contribution in [-0.4, -0.2) is 75.9 Å². The van der Waals surface area contributed by atoms with E-state index >= 15 is 0 Å². The third-order valence-electron chi connectivity index (χ3n) is 5.99. The number of hydrazine groups is 1. The van der Waals surface area contributed by atoms with Crippen molar-refractivity contribution in [2.45, 2.75) is 6.54 Å². The van der Waals surface area contributed by atoms with Gasteiger partial charge in [0.2, 0.25) is 0 Å². The van der Waals surface area contributed by atoms with Gasteiger partial charge in [0.1, 0.15) is 12.4 Å². The van der Waals surface area contributed by atoms with Crippen LogP contribution in [0, 0.1) is 0 Å². The second-order valence-corrected chi connectivity index (χ2v) is 8.21. The Morgan fingerprint density at radius 1 is 1.00 bits per heavy atom. The van der Waals surface area contributed by atoms with Gasteiger partial charge in [-0.2, -0.15) is 0 Å². The zero-order valence-corrected chi connectivity index (χ0v) is 17.8. The van der Waals surface area contributed by atoms with E-state index in [0.717, 1.165) is 26.2 Å². The quantitative estimate of drug-likeness (QED) is 0.653. The molecule has 5 rings (SSSR count). The van der Waals surface area contributed by atoms with Gasteiger partial charge in [-0.05, 0) is 31.3 Å². The normalized spacial score (nSPS) is 17.0. The highest BCUT2D eigenvalue weighted by Crippen LogP contribution is 2.22. The van der Waals surface area contributed by atoms with Crippen molar-refractivity contribution in [2.24, 2.45) is 0 Å². The number of hydrogen-bond donors (Lipinski definition) is 1. The summed E-state index contributed by atoms with van der Waals surface area (Å²) < 4.78 is 1.47. The monoisotopic (exact) mass is 432 g/mol. The first-order valence-corrected chi connectivity index (χ1v) is 10.6. The summed E-state index contributed by atoms with van der Waals surface area (Å²) in [6, 6.07) is 14.0. The second-order valence-electron chi connectivity index (χ2n) is 8.21. The van der Waals surface area contributed by atoms with E-state index in [1.165, 1.54) is 9.58 Å². The average molecular weight is 432 g/mol. The molecule has 3 heterocycles. The predicted octanol–water partition coefficient (Wildman–Crippen LogP) is 0.620. The summed E-state index contributed by atoms with van der Waals surface area (Å²) in [5.74, 6) is -0.245. The van der Waals surface area contributed by atoms with E-state index in [4.69, 9.17) is 0 Å². The van der Waals surface area contributed by atoms with E-state index in [0.29, 0.717) is 28.0 Å². The maximum Gasteiger partial charge on any atom is 0.274 e. The van der Waals surface area contributed by atoms with Gasteiger partial charge in [-0.1, -0.05) is 24.3 Å². The van der Waals surface area contributed by atoms with Crippen molar-refractivity contribution in [2.75, 3.05) is 39.8 Å². The number of nitrogens with one attached hydrogen (secondary N) is 1. The Morgan fingerprint density at radius 2 is 1.72 bits per heavy atom. The number of fused-ring (bicyclic) bond motifs is 4. The van der Waals surface area contributed by atoms with Crippen LogP contribution in [0.2, 0.25) is 0 Å². The van der Waals surface area contributed by atoms with Crippen molar-refractivity contribution in [3.8, 4) is 5.69 Å². The number of carbonyl (C=O) groups excluding carboxylic acids is 2. The number of nitrogens with zero attached hydrogens (tertiary/aromatic N) is 5. The fourth-order valence-corrected chi connectivity index (χ4v) is 4.23. The Kier molecular flexibility index (Phi) is 5.20. The van der Waals surface area contributed by atoms with Crippen LogP contribution in [0.3, 0.4) is 0 Å². The first-order chi connectivity index (χ1) is 15.5. The van der Waals surface area contributed by atoms with E-state index < -0.39 is 0 Å². The van der Waals surface area contributed by atoms with Crippen molar-refractivity contribution in [1.82, 2.24) is 29.8 Å². The smallest absolute Gasteiger partial charge is 0.274 e. The zero-order chi connectivity index (χ0) is 22.2. The fourth-order valence-electron chi connectivity index (χ4n) is 4.23. The standard InChI is InChI=1S/C23H24N6O3/c1-26-10-12-27(13-11-26)15-21(30)25-28-14-20-24-18-8-4-2-6-16(18)23(32)29(20)19-9-5-3-7-17(19)22(28)31/h2-9H,10-15H2,1H3,(H,25,30). The lowest BCUT2D eigenvalue weighted by Crippen LogP contribution is -2.52. The summed E-state index contributed by atoms with van der Waals surface area (Å²) in [4.78, 5) is 48.3. The third-order valence-corrected chi connectivity index (χ3v) is 5.99. The summed E-state index contributed by atoms with van der Waals surface area (Å²) >= 11 is 0. The first kappa shape index (κ1) is 20.3. The van der Waals surface area contributed by atoms with Gasteiger partial charge in [-0.3, -0.25) is 29.3 Å². The van der Waals surface area contributed by atoms with Crippen molar-refractivity contribution >= 4 is 22.7 Å². The molecule has 9 nitrogen and oxygen atoms in total. The topological polar surface area (TPSA) is 90.8 Å². The molecule has 0 unspecified atom stereocenters. The number of aromatic nitrogens is 2. The molecule has 32 heavy (non-hydrogen) atoms. The number of piperazine rings is 1. The number of amides is 2. The van der Waals surface area contributed by atoms with Gasteiger partial charge in [0.25, 0.3) is 17.4 Å². The molecule has 2 aliphatic rings. The number of hydrogen-bond acceptors (Lipinski definition) is 6. The summed E-state index contributed by atoms with van der Waals surface area (Å²) in [6.45, 7) is 3.59. The molecule has 0 saturated carbocycles. The molecule has 1 N–H and O–H groups in total. The highest BCUT2D eigenvalue weighted by Gasteiger charge is 2.29. The minimum absolute atomic E-state index is 0.0118. The molecule has 0 bridgehead atoms. The first-order valence-electron chi connectivity index (χ1n) is 10.6. The van der Waals surface area contributed by atoms with Gasteiger partial charge in [-0.15, -0.1) is 0 Å². The molecule has 1 saturated heterocycles. The molecule has 1 aromatic heterocycles. The van der Waals surface area contributed by atoms with E-state index in [1.54, 1.807) is 42.5 Å². The van der Waals surface area contributed by atoms with Gasteiger partial charge in [0.05, 0.1) is 28.7 Å². The summed E-state index contributed by atoms with van der Waals surface area (Å²) in [5, 5.41) is 1.74. The molecule has 1 fully saturated rings. The molecule has 0 atom stereocenters. The highest BCUT2D eigenvalue weighted by molar-refractivity contribution is 5.99. The molecular weight excluding hydrogens is 408 g/mol. The number of rotatable bonds is 3. The molecule has 3 aromatic rings. The van der Waals surface area contributed by atoms with E-state index in [2.05, 4.69) is 27.3 Å². The van der Waals surface area contributed by atoms with Crippen molar-refractivity contribution in [3.05, 3.63) is 70.3 Å². The highest BCUT2D eigenvalue weighted by atomic mass is 16.2. The number of benzene rings is 2. The van der Waals surface area contributed by atoms with Gasteiger partial charge in [0.15, 0.2) is 0 Å². The molecule has 9 heteroatoms. The van der Waals surface area contributed by atoms with Crippen LogP contribution in [0.25, 0.3) is 16.6 Å². The molecule has 2 amide bonds. The average Bonchev–Trinajstić information content (AvgIpc) is 2.91. The van der Waals surface area contributed by atoms with Crippen molar-refractivity contribution < 1.29 is 9.59 Å². The zero-order valence-electron chi connectivity index (χ0n) is 17.8. The Hall–Kier alpha value is -3.56. The van der Waals surface area contributed by atoms with Crippen LogP contribution in [-0.2, 0) is 11.3 Å². The Labute approximate surface area is 184 Å². The minimum Gasteiger partial charge on any atom is -0.304 e. The molecule has 2 aliphatic heterocycles. The number of likely N-dealkylation sites (N-methyl/N-ethyl adjacent to an activating group) is 1. The van der Waals surface area contributed by atoms with Crippen LogP contribution < -0.4 is 11.0 Å². The maximum atomic E-state index is 13.3. The largest absolute Gasteiger partial charge is 0.304 e. The lowest BCUT2D eigenvalue weighted by atomic mass is 10.1. The third kappa shape index (κ3) is 3.65. The van der Waals surface area contributed by atoms with E-state index in [1.807, 2.05) is 6.07 Å². The minimum atomic E-state index is -0.374. The molecule has 164 valence electrons. The summed E-state index contributed by atoms with van der Waals surface area (Å²) in [7, 11) is 2.06. The molecule has 0 radical (unpaired) electrons. The van der Waals surface area contributed by atoms with Gasteiger partial charge < -0.3 is 4.90 Å². The van der Waals surface area contributed by atoms with Crippen molar-refractivity contribution in [1.29, 1.82) is 0 Å². The van der Waals surface area contributed by atoms with Crippen LogP contribution in [0.4, 0.5) is 0 Å². The number of carbonyl (C=O) groups is 2. The maximum absolute atomic E-state index is 13.3. The van der Waals surface area contributed by atoms with Crippen LogP contribution in [0.5, 0.6) is 0 Å². The molecule has 0 aliphatic carbocycles.